The molecular weight excluding hydrogens is 382 g/mol. The molecule has 0 bridgehead atoms. The van der Waals surface area contributed by atoms with E-state index in [1.54, 1.807) is 30.0 Å². The number of rotatable bonds is 9. The first-order valence-electron chi connectivity index (χ1n) is 9.10. The van der Waals surface area contributed by atoms with Gasteiger partial charge in [-0.15, -0.1) is 0 Å². The Morgan fingerprint density at radius 3 is 2.70 bits per heavy atom. The number of sulfonamides is 1. The fraction of sp³-hybridized carbons (Fsp3) is 0.444. The number of primary sulfonamides is 1. The summed E-state index contributed by atoms with van der Waals surface area (Å²) in [6.07, 6.45) is 6.96. The SMILES string of the molecule is CCCCn1c(CSc2nccn2CCC)nc2cc(S(N)(=O)=O)ccc21. The lowest BCUT2D eigenvalue weighted by atomic mass is 10.3. The van der Waals surface area contributed by atoms with Crippen molar-refractivity contribution in [2.24, 2.45) is 5.14 Å². The first-order valence-corrected chi connectivity index (χ1v) is 11.6. The number of thioether (sulfide) groups is 1. The summed E-state index contributed by atoms with van der Waals surface area (Å²) in [4.78, 5) is 9.23. The molecule has 7 nitrogen and oxygen atoms in total. The van der Waals surface area contributed by atoms with E-state index in [1.807, 2.05) is 12.4 Å². The van der Waals surface area contributed by atoms with Gasteiger partial charge in [0.05, 0.1) is 21.7 Å². The second-order valence-corrected chi connectivity index (χ2v) is 8.92. The molecule has 0 aliphatic heterocycles. The third kappa shape index (κ3) is 4.53. The molecule has 2 heterocycles. The highest BCUT2D eigenvalue weighted by atomic mass is 32.2. The summed E-state index contributed by atoms with van der Waals surface area (Å²) in [6, 6.07) is 4.90. The Morgan fingerprint density at radius 2 is 2.00 bits per heavy atom. The number of benzene rings is 1. The fourth-order valence-electron chi connectivity index (χ4n) is 2.99. The molecule has 0 aliphatic rings. The molecular formula is C18H25N5O2S2. The molecule has 0 spiro atoms. The normalized spacial score (nSPS) is 12.1. The van der Waals surface area contributed by atoms with Crippen LogP contribution in [-0.2, 0) is 28.9 Å². The molecule has 0 fully saturated rings. The van der Waals surface area contributed by atoms with Crippen molar-refractivity contribution in [1.82, 2.24) is 19.1 Å². The van der Waals surface area contributed by atoms with Gasteiger partial charge in [0, 0.05) is 25.5 Å². The van der Waals surface area contributed by atoms with Gasteiger partial charge in [0.15, 0.2) is 5.16 Å². The van der Waals surface area contributed by atoms with Crippen LogP contribution in [0.3, 0.4) is 0 Å². The lowest BCUT2D eigenvalue weighted by Gasteiger charge is -2.09. The maximum Gasteiger partial charge on any atom is 0.238 e. The third-order valence-corrected chi connectivity index (χ3v) is 6.25. The Kier molecular flexibility index (Phi) is 6.23. The topological polar surface area (TPSA) is 95.8 Å². The van der Waals surface area contributed by atoms with E-state index in [1.165, 1.54) is 0 Å². The van der Waals surface area contributed by atoms with E-state index < -0.39 is 10.0 Å². The van der Waals surface area contributed by atoms with E-state index in [-0.39, 0.29) is 4.90 Å². The molecule has 9 heteroatoms. The van der Waals surface area contributed by atoms with E-state index in [4.69, 9.17) is 10.1 Å². The number of unbranched alkanes of at least 4 members (excludes halogenated alkanes) is 1. The number of nitrogens with two attached hydrogens (primary N) is 1. The highest BCUT2D eigenvalue weighted by Gasteiger charge is 2.15. The highest BCUT2D eigenvalue weighted by molar-refractivity contribution is 7.98. The van der Waals surface area contributed by atoms with E-state index in [9.17, 15) is 8.42 Å². The van der Waals surface area contributed by atoms with Crippen molar-refractivity contribution < 1.29 is 8.42 Å². The minimum atomic E-state index is -3.74. The van der Waals surface area contributed by atoms with Crippen molar-refractivity contribution in [2.75, 3.05) is 0 Å². The third-order valence-electron chi connectivity index (χ3n) is 4.33. The number of aromatic nitrogens is 4. The Morgan fingerprint density at radius 1 is 1.19 bits per heavy atom. The average molecular weight is 408 g/mol. The van der Waals surface area contributed by atoms with Crippen LogP contribution in [0.25, 0.3) is 11.0 Å². The molecule has 2 N–H and O–H groups in total. The van der Waals surface area contributed by atoms with Crippen LogP contribution >= 0.6 is 11.8 Å². The zero-order chi connectivity index (χ0) is 19.4. The van der Waals surface area contributed by atoms with Crippen molar-refractivity contribution in [3.63, 3.8) is 0 Å². The largest absolute Gasteiger partial charge is 0.327 e. The van der Waals surface area contributed by atoms with Crippen molar-refractivity contribution >= 4 is 32.8 Å². The van der Waals surface area contributed by atoms with Crippen molar-refractivity contribution in [2.45, 2.75) is 62.0 Å². The second kappa shape index (κ2) is 8.45. The Hall–Kier alpha value is -1.84. The number of fused-ring (bicyclic) bond motifs is 1. The molecule has 3 aromatic rings. The maximum atomic E-state index is 11.6. The molecule has 3 rings (SSSR count). The minimum absolute atomic E-state index is 0.0906. The van der Waals surface area contributed by atoms with Gasteiger partial charge in [0.1, 0.15) is 5.82 Å². The van der Waals surface area contributed by atoms with Gasteiger partial charge in [-0.2, -0.15) is 0 Å². The van der Waals surface area contributed by atoms with Gasteiger partial charge in [0.25, 0.3) is 0 Å². The molecule has 0 aliphatic carbocycles. The molecule has 146 valence electrons. The summed E-state index contributed by atoms with van der Waals surface area (Å²) >= 11 is 1.64. The number of hydrogen-bond acceptors (Lipinski definition) is 5. The van der Waals surface area contributed by atoms with Crippen LogP contribution in [0, 0.1) is 0 Å². The molecule has 0 saturated heterocycles. The van der Waals surface area contributed by atoms with Gasteiger partial charge < -0.3 is 9.13 Å². The lowest BCUT2D eigenvalue weighted by molar-refractivity contribution is 0.598. The smallest absolute Gasteiger partial charge is 0.238 e. The summed E-state index contributed by atoms with van der Waals surface area (Å²) in [7, 11) is -3.74. The maximum absolute atomic E-state index is 11.6. The monoisotopic (exact) mass is 407 g/mol. The van der Waals surface area contributed by atoms with Crippen LogP contribution in [0.2, 0.25) is 0 Å². The molecule has 1 aromatic carbocycles. The fourth-order valence-corrected chi connectivity index (χ4v) is 4.45. The summed E-state index contributed by atoms with van der Waals surface area (Å²) in [5.41, 5.74) is 1.59. The highest BCUT2D eigenvalue weighted by Crippen LogP contribution is 2.26. The van der Waals surface area contributed by atoms with Crippen LogP contribution in [0.4, 0.5) is 0 Å². The molecule has 0 radical (unpaired) electrons. The van der Waals surface area contributed by atoms with Crippen LogP contribution < -0.4 is 5.14 Å². The van der Waals surface area contributed by atoms with E-state index in [0.29, 0.717) is 11.3 Å². The molecule has 2 aromatic heterocycles. The quantitative estimate of drug-likeness (QED) is 0.549. The molecule has 27 heavy (non-hydrogen) atoms. The lowest BCUT2D eigenvalue weighted by Crippen LogP contribution is -2.11. The van der Waals surface area contributed by atoms with Crippen molar-refractivity contribution in [3.05, 3.63) is 36.4 Å². The van der Waals surface area contributed by atoms with Gasteiger partial charge in [-0.05, 0) is 31.0 Å². The summed E-state index contributed by atoms with van der Waals surface area (Å²) in [5.74, 6) is 1.59. The Bertz CT molecular complexity index is 1020. The molecule has 0 amide bonds. The Labute approximate surface area is 164 Å². The standard InChI is InChI=1S/C18H25N5O2S2/c1-3-5-10-23-16-7-6-14(27(19,24)25)12-15(16)21-17(23)13-26-18-20-8-11-22(18)9-4-2/h6-8,11-12H,3-5,9-10,13H2,1-2H3,(H2,19,24,25). The van der Waals surface area contributed by atoms with Crippen LogP contribution in [0.15, 0.2) is 40.6 Å². The predicted octanol–water partition coefficient (Wildman–Crippen LogP) is 3.38. The Balaban J connectivity index is 1.93. The first kappa shape index (κ1) is 19.9. The van der Waals surface area contributed by atoms with Gasteiger partial charge >= 0.3 is 0 Å². The second-order valence-electron chi connectivity index (χ2n) is 6.42. The van der Waals surface area contributed by atoms with Crippen molar-refractivity contribution in [1.29, 1.82) is 0 Å². The summed E-state index contributed by atoms with van der Waals surface area (Å²) in [6.45, 7) is 6.07. The summed E-state index contributed by atoms with van der Waals surface area (Å²) in [5, 5.41) is 6.23. The first-order chi connectivity index (χ1) is 12.9. The van der Waals surface area contributed by atoms with Crippen molar-refractivity contribution in [3.8, 4) is 0 Å². The minimum Gasteiger partial charge on any atom is -0.327 e. The number of aryl methyl sites for hydroxylation is 2. The molecule has 0 unspecified atom stereocenters. The molecule has 0 atom stereocenters. The van der Waals surface area contributed by atoms with Gasteiger partial charge in [0.2, 0.25) is 10.0 Å². The average Bonchev–Trinajstić information content (AvgIpc) is 3.21. The van der Waals surface area contributed by atoms with E-state index >= 15 is 0 Å². The number of hydrogen-bond donors (Lipinski definition) is 1. The van der Waals surface area contributed by atoms with Gasteiger partial charge in [-0.3, -0.25) is 0 Å². The van der Waals surface area contributed by atoms with Gasteiger partial charge in [-0.1, -0.05) is 32.0 Å². The van der Waals surface area contributed by atoms with Crippen LogP contribution in [0.5, 0.6) is 0 Å². The van der Waals surface area contributed by atoms with Crippen LogP contribution in [-0.4, -0.2) is 27.5 Å². The molecule has 0 saturated carbocycles. The number of imidazole rings is 2. The predicted molar refractivity (Wildman–Crippen MR) is 108 cm³/mol. The van der Waals surface area contributed by atoms with Gasteiger partial charge in [-0.25, -0.2) is 23.5 Å². The zero-order valence-electron chi connectivity index (χ0n) is 15.6. The number of nitrogens with zero attached hydrogens (tertiary/aromatic N) is 4. The van der Waals surface area contributed by atoms with Crippen LogP contribution in [0.1, 0.15) is 38.9 Å². The zero-order valence-corrected chi connectivity index (χ0v) is 17.3. The van der Waals surface area contributed by atoms with E-state index in [0.717, 1.165) is 48.8 Å². The summed E-state index contributed by atoms with van der Waals surface area (Å²) < 4.78 is 27.6. The van der Waals surface area contributed by atoms with E-state index in [2.05, 4.69) is 28.0 Å².